The van der Waals surface area contributed by atoms with E-state index in [-0.39, 0.29) is 12.0 Å². The molecule has 0 saturated heterocycles. The zero-order valence-corrected chi connectivity index (χ0v) is 9.91. The van der Waals surface area contributed by atoms with Gasteiger partial charge in [-0.25, -0.2) is 9.36 Å². The van der Waals surface area contributed by atoms with Gasteiger partial charge in [0, 0.05) is 20.0 Å². The predicted octanol–water partition coefficient (Wildman–Crippen LogP) is -0.220. The summed E-state index contributed by atoms with van der Waals surface area (Å²) >= 11 is 0. The van der Waals surface area contributed by atoms with Crippen molar-refractivity contribution in [3.63, 3.8) is 0 Å². The number of aromatic nitrogens is 5. The maximum Gasteiger partial charge on any atom is 0.303 e. The lowest BCUT2D eigenvalue weighted by atomic mass is 10.2. The molecule has 0 aliphatic heterocycles. The fraction of sp³-hybridized carbons (Fsp3) is 0.500. The molecule has 0 aliphatic carbocycles. The normalized spacial score (nSPS) is 10.9. The number of aryl methyl sites for hydroxylation is 2. The average molecular weight is 251 g/mol. The maximum absolute atomic E-state index is 12.0. The summed E-state index contributed by atoms with van der Waals surface area (Å²) in [6.45, 7) is 0.365. The predicted molar refractivity (Wildman–Crippen MR) is 62.1 cm³/mol. The number of hydrogen-bond acceptors (Lipinski definition) is 5. The number of carboxylic acid groups (broad SMARTS) is 1. The number of aliphatic carboxylic acids is 1. The molecule has 0 aromatic carbocycles. The highest BCUT2D eigenvalue weighted by atomic mass is 16.4. The van der Waals surface area contributed by atoms with Gasteiger partial charge in [-0.05, 0) is 12.8 Å². The Morgan fingerprint density at radius 2 is 2.22 bits per heavy atom. The molecule has 0 aliphatic rings. The smallest absolute Gasteiger partial charge is 0.303 e. The van der Waals surface area contributed by atoms with Gasteiger partial charge >= 0.3 is 5.97 Å². The first-order valence-electron chi connectivity index (χ1n) is 5.57. The van der Waals surface area contributed by atoms with Gasteiger partial charge < -0.3 is 5.11 Å². The minimum Gasteiger partial charge on any atom is -0.481 e. The van der Waals surface area contributed by atoms with E-state index in [2.05, 4.69) is 15.4 Å². The molecule has 0 atom stereocenters. The minimum atomic E-state index is -0.837. The molecule has 1 N–H and O–H groups in total. The van der Waals surface area contributed by atoms with Crippen LogP contribution in [-0.4, -0.2) is 35.9 Å². The number of fused-ring (bicyclic) bond motifs is 1. The van der Waals surface area contributed by atoms with Crippen molar-refractivity contribution in [2.75, 3.05) is 0 Å². The number of nitrogens with zero attached hydrogens (tertiary/aromatic N) is 5. The van der Waals surface area contributed by atoms with Crippen LogP contribution in [0.15, 0.2) is 11.0 Å². The Bertz CT molecular complexity index is 630. The highest BCUT2D eigenvalue weighted by Crippen LogP contribution is 2.02. The van der Waals surface area contributed by atoms with E-state index in [1.165, 1.54) is 15.6 Å². The topological polar surface area (TPSA) is 103 Å². The van der Waals surface area contributed by atoms with Crippen molar-refractivity contribution < 1.29 is 9.90 Å². The Morgan fingerprint density at radius 1 is 1.44 bits per heavy atom. The number of hydrogen-bond donors (Lipinski definition) is 1. The first-order chi connectivity index (χ1) is 8.59. The second-order valence-corrected chi connectivity index (χ2v) is 3.97. The molecule has 0 amide bonds. The third-order valence-electron chi connectivity index (χ3n) is 2.63. The number of unbranched alkanes of at least 4 members (excludes halogenated alkanes) is 1. The van der Waals surface area contributed by atoms with Crippen LogP contribution < -0.4 is 5.56 Å². The van der Waals surface area contributed by atoms with Gasteiger partial charge in [0.15, 0.2) is 5.65 Å². The van der Waals surface area contributed by atoms with Crippen LogP contribution in [0.4, 0.5) is 0 Å². The Hall–Kier alpha value is -2.25. The summed E-state index contributed by atoms with van der Waals surface area (Å²) in [5.74, 6) is -0.837. The van der Waals surface area contributed by atoms with Crippen LogP contribution in [0.5, 0.6) is 0 Å². The molecule has 18 heavy (non-hydrogen) atoms. The maximum atomic E-state index is 12.0. The lowest BCUT2D eigenvalue weighted by molar-refractivity contribution is -0.137. The molecular weight excluding hydrogens is 238 g/mol. The molecule has 2 aromatic heterocycles. The summed E-state index contributed by atoms with van der Waals surface area (Å²) in [7, 11) is 1.69. The Morgan fingerprint density at radius 3 is 2.94 bits per heavy atom. The van der Waals surface area contributed by atoms with Crippen molar-refractivity contribution in [2.45, 2.75) is 25.8 Å². The molecule has 96 valence electrons. The van der Waals surface area contributed by atoms with E-state index in [9.17, 15) is 9.59 Å². The number of carbonyl (C=O) groups is 1. The third-order valence-corrected chi connectivity index (χ3v) is 2.63. The van der Waals surface area contributed by atoms with E-state index in [1.54, 1.807) is 7.05 Å². The molecule has 2 heterocycles. The van der Waals surface area contributed by atoms with Crippen LogP contribution in [0.2, 0.25) is 0 Å². The van der Waals surface area contributed by atoms with Crippen molar-refractivity contribution in [1.29, 1.82) is 0 Å². The largest absolute Gasteiger partial charge is 0.481 e. The molecule has 0 fully saturated rings. The SMILES string of the molecule is Cn1ncc2c(=O)n(CCCCC(=O)O)nnc21. The zero-order valence-electron chi connectivity index (χ0n) is 9.91. The van der Waals surface area contributed by atoms with E-state index in [0.717, 1.165) is 0 Å². The van der Waals surface area contributed by atoms with Crippen LogP contribution >= 0.6 is 0 Å². The van der Waals surface area contributed by atoms with Crippen LogP contribution in [0, 0.1) is 0 Å². The van der Waals surface area contributed by atoms with Crippen LogP contribution in [0.3, 0.4) is 0 Å². The second kappa shape index (κ2) is 4.94. The van der Waals surface area contributed by atoms with E-state index in [0.29, 0.717) is 30.4 Å². The Balaban J connectivity index is 2.12. The molecule has 8 heteroatoms. The molecule has 0 saturated carbocycles. The van der Waals surface area contributed by atoms with Gasteiger partial charge in [-0.2, -0.15) is 5.10 Å². The van der Waals surface area contributed by atoms with Crippen molar-refractivity contribution in [2.24, 2.45) is 7.05 Å². The lowest BCUT2D eigenvalue weighted by Crippen LogP contribution is -2.24. The molecule has 0 bridgehead atoms. The molecule has 0 unspecified atom stereocenters. The van der Waals surface area contributed by atoms with Gasteiger partial charge in [-0.3, -0.25) is 9.59 Å². The van der Waals surface area contributed by atoms with Crippen molar-refractivity contribution in [3.8, 4) is 0 Å². The van der Waals surface area contributed by atoms with E-state index < -0.39 is 5.97 Å². The molecule has 2 aromatic rings. The monoisotopic (exact) mass is 251 g/mol. The minimum absolute atomic E-state index is 0.0946. The summed E-state index contributed by atoms with van der Waals surface area (Å²) in [6, 6.07) is 0. The lowest BCUT2D eigenvalue weighted by Gasteiger charge is -2.02. The number of rotatable bonds is 5. The molecule has 0 radical (unpaired) electrons. The Labute approximate surface area is 102 Å². The van der Waals surface area contributed by atoms with Crippen LogP contribution in [0.25, 0.3) is 11.0 Å². The van der Waals surface area contributed by atoms with Gasteiger partial charge in [-0.1, -0.05) is 5.21 Å². The van der Waals surface area contributed by atoms with Crippen molar-refractivity contribution >= 4 is 17.0 Å². The molecule has 0 spiro atoms. The summed E-state index contributed by atoms with van der Waals surface area (Å²) in [5.41, 5.74) is 0.199. The highest BCUT2D eigenvalue weighted by Gasteiger charge is 2.09. The third kappa shape index (κ3) is 2.36. The highest BCUT2D eigenvalue weighted by molar-refractivity contribution is 5.72. The molecule has 2 rings (SSSR count). The van der Waals surface area contributed by atoms with Crippen molar-refractivity contribution in [3.05, 3.63) is 16.6 Å². The van der Waals surface area contributed by atoms with Crippen molar-refractivity contribution in [1.82, 2.24) is 24.8 Å². The fourth-order valence-electron chi connectivity index (χ4n) is 1.66. The summed E-state index contributed by atoms with van der Waals surface area (Å²) in [6.07, 6.45) is 2.64. The summed E-state index contributed by atoms with van der Waals surface area (Å²) in [5, 5.41) is 20.6. The first-order valence-corrected chi connectivity index (χ1v) is 5.57. The van der Waals surface area contributed by atoms with E-state index in [4.69, 9.17) is 5.11 Å². The van der Waals surface area contributed by atoms with Gasteiger partial charge in [0.1, 0.15) is 5.39 Å². The molecule has 8 nitrogen and oxygen atoms in total. The second-order valence-electron chi connectivity index (χ2n) is 3.97. The van der Waals surface area contributed by atoms with Crippen LogP contribution in [-0.2, 0) is 18.4 Å². The van der Waals surface area contributed by atoms with Gasteiger partial charge in [0.05, 0.1) is 6.20 Å². The number of carboxylic acids is 1. The quantitative estimate of drug-likeness (QED) is 0.737. The molecular formula is C10H13N5O3. The van der Waals surface area contributed by atoms with Gasteiger partial charge in [0.25, 0.3) is 5.56 Å². The summed E-state index contributed by atoms with van der Waals surface area (Å²) < 4.78 is 2.73. The van der Waals surface area contributed by atoms with Gasteiger partial charge in [0.2, 0.25) is 0 Å². The fourth-order valence-corrected chi connectivity index (χ4v) is 1.66. The average Bonchev–Trinajstić information content (AvgIpc) is 2.70. The van der Waals surface area contributed by atoms with Crippen LogP contribution in [0.1, 0.15) is 19.3 Å². The first kappa shape index (κ1) is 12.2. The zero-order chi connectivity index (χ0) is 13.1. The van der Waals surface area contributed by atoms with Gasteiger partial charge in [-0.15, -0.1) is 5.10 Å². The summed E-state index contributed by atoms with van der Waals surface area (Å²) in [4.78, 5) is 22.3. The standard InChI is InChI=1S/C10H13N5O3/c1-14-9-7(6-11-14)10(18)15(13-12-9)5-3-2-4-8(16)17/h6H,2-5H2,1H3,(H,16,17). The van der Waals surface area contributed by atoms with E-state index in [1.807, 2.05) is 0 Å². The Kier molecular flexibility index (Phi) is 3.35. The van der Waals surface area contributed by atoms with E-state index >= 15 is 0 Å².